The monoisotopic (exact) mass is 629 g/mol. The SMILES string of the molecule is CC[C@@H](C(=O)NC1CCCCC1)N(Cc1ccccc1C)C(=O)CN(c1cccc(Cl)c1Cl)S(=O)(=O)c1ccccc1. The van der Waals surface area contributed by atoms with E-state index in [0.717, 1.165) is 47.5 Å². The molecule has 10 heteroatoms. The smallest absolute Gasteiger partial charge is 0.264 e. The third-order valence-electron chi connectivity index (χ3n) is 7.75. The van der Waals surface area contributed by atoms with Crippen molar-refractivity contribution >= 4 is 50.7 Å². The van der Waals surface area contributed by atoms with E-state index in [-0.39, 0.29) is 39.1 Å². The van der Waals surface area contributed by atoms with Gasteiger partial charge >= 0.3 is 0 Å². The van der Waals surface area contributed by atoms with E-state index in [0.29, 0.717) is 6.42 Å². The average Bonchev–Trinajstić information content (AvgIpc) is 2.99. The molecule has 2 amide bonds. The van der Waals surface area contributed by atoms with Gasteiger partial charge in [0.15, 0.2) is 0 Å². The maximum atomic E-state index is 14.3. The highest BCUT2D eigenvalue weighted by atomic mass is 35.5. The van der Waals surface area contributed by atoms with E-state index < -0.39 is 28.5 Å². The van der Waals surface area contributed by atoms with Gasteiger partial charge < -0.3 is 10.2 Å². The second-order valence-corrected chi connectivity index (χ2v) is 13.3. The first-order valence-electron chi connectivity index (χ1n) is 14.3. The second kappa shape index (κ2) is 14.4. The molecular weight excluding hydrogens is 593 g/mol. The Morgan fingerprint density at radius 2 is 1.60 bits per heavy atom. The molecule has 0 aromatic heterocycles. The number of rotatable bonds is 11. The van der Waals surface area contributed by atoms with E-state index in [1.807, 2.05) is 38.1 Å². The molecule has 0 bridgehead atoms. The lowest BCUT2D eigenvalue weighted by Crippen LogP contribution is -2.54. The topological polar surface area (TPSA) is 86.8 Å². The molecule has 224 valence electrons. The number of halogens is 2. The molecule has 0 unspecified atom stereocenters. The van der Waals surface area contributed by atoms with Crippen molar-refractivity contribution in [2.75, 3.05) is 10.8 Å². The van der Waals surface area contributed by atoms with Crippen LogP contribution in [-0.2, 0) is 26.2 Å². The molecular formula is C32H37Cl2N3O4S. The molecule has 7 nitrogen and oxygen atoms in total. The van der Waals surface area contributed by atoms with E-state index in [1.54, 1.807) is 30.3 Å². The van der Waals surface area contributed by atoms with Crippen LogP contribution >= 0.6 is 23.2 Å². The van der Waals surface area contributed by atoms with Crippen LogP contribution in [0.5, 0.6) is 0 Å². The minimum Gasteiger partial charge on any atom is -0.352 e. The summed E-state index contributed by atoms with van der Waals surface area (Å²) in [5, 5.41) is 3.33. The van der Waals surface area contributed by atoms with Gasteiger partial charge in [0, 0.05) is 12.6 Å². The Kier molecular flexibility index (Phi) is 10.9. The highest BCUT2D eigenvalue weighted by Gasteiger charge is 2.35. The van der Waals surface area contributed by atoms with Crippen molar-refractivity contribution in [1.82, 2.24) is 10.2 Å². The molecule has 0 radical (unpaired) electrons. The van der Waals surface area contributed by atoms with Crippen LogP contribution in [0.25, 0.3) is 0 Å². The number of nitrogens with one attached hydrogen (secondary N) is 1. The Bertz CT molecular complexity index is 1490. The third-order valence-corrected chi connectivity index (χ3v) is 10.3. The van der Waals surface area contributed by atoms with E-state index in [2.05, 4.69) is 5.32 Å². The molecule has 0 saturated heterocycles. The number of aryl methyl sites for hydroxylation is 1. The van der Waals surface area contributed by atoms with Gasteiger partial charge in [0.05, 0.1) is 20.6 Å². The highest BCUT2D eigenvalue weighted by molar-refractivity contribution is 7.92. The normalized spacial score (nSPS) is 14.7. The van der Waals surface area contributed by atoms with Crippen LogP contribution in [0, 0.1) is 6.92 Å². The zero-order valence-electron chi connectivity index (χ0n) is 23.9. The molecule has 1 aliphatic carbocycles. The van der Waals surface area contributed by atoms with Gasteiger partial charge in [-0.15, -0.1) is 0 Å². The number of carbonyl (C=O) groups is 2. The first-order valence-corrected chi connectivity index (χ1v) is 16.5. The fourth-order valence-corrected chi connectivity index (χ4v) is 7.25. The number of nitrogens with zero attached hydrogens (tertiary/aromatic N) is 2. The van der Waals surface area contributed by atoms with Gasteiger partial charge in [-0.2, -0.15) is 0 Å². The minimum absolute atomic E-state index is 0.00128. The molecule has 1 atom stereocenters. The lowest BCUT2D eigenvalue weighted by Gasteiger charge is -2.35. The Balaban J connectivity index is 1.74. The minimum atomic E-state index is -4.24. The Morgan fingerprint density at radius 3 is 2.26 bits per heavy atom. The number of carbonyl (C=O) groups excluding carboxylic acids is 2. The number of benzene rings is 3. The summed E-state index contributed by atoms with van der Waals surface area (Å²) in [7, 11) is -4.24. The summed E-state index contributed by atoms with van der Waals surface area (Å²) in [4.78, 5) is 29.4. The van der Waals surface area contributed by atoms with E-state index in [1.165, 1.54) is 23.1 Å². The van der Waals surface area contributed by atoms with Crippen molar-refractivity contribution < 1.29 is 18.0 Å². The Hall–Kier alpha value is -3.07. The Morgan fingerprint density at radius 1 is 0.929 bits per heavy atom. The van der Waals surface area contributed by atoms with Crippen LogP contribution in [0.15, 0.2) is 77.7 Å². The first-order chi connectivity index (χ1) is 20.1. The molecule has 1 N–H and O–H groups in total. The summed E-state index contributed by atoms with van der Waals surface area (Å²) in [6.45, 7) is 3.37. The van der Waals surface area contributed by atoms with Gasteiger partial charge in [-0.3, -0.25) is 13.9 Å². The number of hydrogen-bond acceptors (Lipinski definition) is 4. The van der Waals surface area contributed by atoms with Crippen LogP contribution < -0.4 is 9.62 Å². The molecule has 1 fully saturated rings. The molecule has 1 aliphatic rings. The van der Waals surface area contributed by atoms with Crippen molar-refractivity contribution in [2.45, 2.75) is 75.9 Å². The molecule has 0 heterocycles. The molecule has 42 heavy (non-hydrogen) atoms. The van der Waals surface area contributed by atoms with Gasteiger partial charge in [-0.05, 0) is 61.6 Å². The first kappa shape index (κ1) is 31.9. The van der Waals surface area contributed by atoms with Crippen molar-refractivity contribution in [1.29, 1.82) is 0 Å². The van der Waals surface area contributed by atoms with Crippen molar-refractivity contribution in [3.63, 3.8) is 0 Å². The number of sulfonamides is 1. The standard InChI is InChI=1S/C32H37Cl2N3O4S/c1-3-28(32(39)35-25-15-6-4-7-16-25)36(21-24-14-11-10-13-23(24)2)30(38)22-37(29-20-12-19-27(33)31(29)34)42(40,41)26-17-8-5-9-18-26/h5,8-14,17-20,25,28H,3-4,6-7,15-16,21-22H2,1-2H3,(H,35,39)/t28-/m0/s1. The third kappa shape index (κ3) is 7.46. The largest absolute Gasteiger partial charge is 0.352 e. The van der Waals surface area contributed by atoms with Crippen LogP contribution in [-0.4, -0.2) is 43.8 Å². The van der Waals surface area contributed by atoms with Gasteiger partial charge in [-0.25, -0.2) is 8.42 Å². The lowest BCUT2D eigenvalue weighted by molar-refractivity contribution is -0.140. The van der Waals surface area contributed by atoms with E-state index in [4.69, 9.17) is 23.2 Å². The van der Waals surface area contributed by atoms with E-state index >= 15 is 0 Å². The number of amides is 2. The Labute approximate surface area is 258 Å². The van der Waals surface area contributed by atoms with Gasteiger partial charge in [0.1, 0.15) is 12.6 Å². The second-order valence-electron chi connectivity index (χ2n) is 10.6. The quantitative estimate of drug-likeness (QED) is 0.254. The van der Waals surface area contributed by atoms with Crippen molar-refractivity contribution in [2.24, 2.45) is 0 Å². The van der Waals surface area contributed by atoms with Crippen molar-refractivity contribution in [3.05, 3.63) is 94.0 Å². The summed E-state index contributed by atoms with van der Waals surface area (Å²) in [5.74, 6) is -0.760. The van der Waals surface area contributed by atoms with E-state index in [9.17, 15) is 18.0 Å². The summed E-state index contributed by atoms with van der Waals surface area (Å²) >= 11 is 12.8. The summed E-state index contributed by atoms with van der Waals surface area (Å²) in [5.41, 5.74) is 1.91. The van der Waals surface area contributed by atoms with Gasteiger partial charge in [0.2, 0.25) is 11.8 Å². The van der Waals surface area contributed by atoms with Crippen molar-refractivity contribution in [3.8, 4) is 0 Å². The van der Waals surface area contributed by atoms with Crippen LogP contribution in [0.1, 0.15) is 56.6 Å². The van der Waals surface area contributed by atoms with Crippen LogP contribution in [0.4, 0.5) is 5.69 Å². The fraction of sp³-hybridized carbons (Fsp3) is 0.375. The fourth-order valence-electron chi connectivity index (χ4n) is 5.35. The van der Waals surface area contributed by atoms with Crippen LogP contribution in [0.2, 0.25) is 10.0 Å². The average molecular weight is 631 g/mol. The highest BCUT2D eigenvalue weighted by Crippen LogP contribution is 2.35. The summed E-state index contributed by atoms with van der Waals surface area (Å²) in [6.07, 6.45) is 5.44. The summed E-state index contributed by atoms with van der Waals surface area (Å²) < 4.78 is 28.9. The molecule has 3 aromatic rings. The molecule has 3 aromatic carbocycles. The zero-order valence-corrected chi connectivity index (χ0v) is 26.3. The maximum Gasteiger partial charge on any atom is 0.264 e. The number of hydrogen-bond donors (Lipinski definition) is 1. The maximum absolute atomic E-state index is 14.3. The number of anilines is 1. The predicted octanol–water partition coefficient (Wildman–Crippen LogP) is 6.75. The van der Waals surface area contributed by atoms with Crippen LogP contribution in [0.3, 0.4) is 0 Å². The lowest BCUT2D eigenvalue weighted by atomic mass is 9.95. The molecule has 1 saturated carbocycles. The molecule has 0 spiro atoms. The zero-order chi connectivity index (χ0) is 30.3. The molecule has 4 rings (SSSR count). The van der Waals surface area contributed by atoms with Gasteiger partial charge in [-0.1, -0.05) is 97.9 Å². The predicted molar refractivity (Wildman–Crippen MR) is 168 cm³/mol. The molecule has 0 aliphatic heterocycles. The van der Waals surface area contributed by atoms with Gasteiger partial charge in [0.25, 0.3) is 10.0 Å². The summed E-state index contributed by atoms with van der Waals surface area (Å²) in [6, 6.07) is 19.4.